The first-order valence-corrected chi connectivity index (χ1v) is 14.7. The second-order valence-electron chi connectivity index (χ2n) is 8.31. The molecule has 1 saturated carbocycles. The quantitative estimate of drug-likeness (QED) is 0.354. The van der Waals surface area contributed by atoms with E-state index in [4.69, 9.17) is 5.73 Å². The van der Waals surface area contributed by atoms with E-state index in [0.717, 1.165) is 18.4 Å². The van der Waals surface area contributed by atoms with Crippen LogP contribution in [-0.4, -0.2) is 12.2 Å². The minimum Gasteiger partial charge on any atom is -0.675 e. The summed E-state index contributed by atoms with van der Waals surface area (Å²) in [4.78, 5) is 0. The number of hydrogen-bond donors (Lipinski definition) is 0. The van der Waals surface area contributed by atoms with Crippen molar-refractivity contribution in [3.63, 3.8) is 0 Å². The van der Waals surface area contributed by atoms with E-state index in [1.807, 2.05) is 0 Å². The van der Waals surface area contributed by atoms with Gasteiger partial charge in [0.15, 0.2) is 0 Å². The molecule has 2 aliphatic carbocycles. The molecule has 0 amide bonds. The third kappa shape index (κ3) is 7.04. The van der Waals surface area contributed by atoms with Gasteiger partial charge in [0.05, 0.1) is 0 Å². The van der Waals surface area contributed by atoms with Crippen LogP contribution in [-0.2, 0) is 32.0 Å². The molecule has 26 heavy (non-hydrogen) atoms. The van der Waals surface area contributed by atoms with Crippen molar-refractivity contribution in [2.75, 3.05) is 0 Å². The molecule has 2 aromatic carbocycles. The summed E-state index contributed by atoms with van der Waals surface area (Å²) in [6, 6.07) is 9.62. The van der Waals surface area contributed by atoms with Crippen molar-refractivity contribution in [2.45, 2.75) is 90.3 Å². The van der Waals surface area contributed by atoms with Gasteiger partial charge in [0, 0.05) is 0 Å². The summed E-state index contributed by atoms with van der Waals surface area (Å²) in [6.07, 6.45) is 10.2. The van der Waals surface area contributed by atoms with E-state index < -0.39 is 0 Å². The van der Waals surface area contributed by atoms with Crippen molar-refractivity contribution in [1.82, 2.24) is 0 Å². The van der Waals surface area contributed by atoms with Gasteiger partial charge in [-0.15, -0.1) is 40.6 Å². The van der Waals surface area contributed by atoms with E-state index in [-0.39, 0.29) is 12.2 Å². The largest absolute Gasteiger partial charge is 0.675 e. The molecule has 0 atom stereocenters. The Hall–Kier alpha value is -0.279. The Morgan fingerprint density at radius 1 is 1.04 bits per heavy atom. The third-order valence-electron chi connectivity index (χ3n) is 5.54. The molecule has 0 aromatic heterocycles. The molecule has 0 heterocycles. The van der Waals surface area contributed by atoms with Crippen LogP contribution in [0.5, 0.6) is 0 Å². The monoisotopic (exact) mass is 401 g/mol. The van der Waals surface area contributed by atoms with Crippen molar-refractivity contribution < 1.29 is 19.2 Å². The van der Waals surface area contributed by atoms with Gasteiger partial charge < -0.3 is 5.73 Å². The molecule has 0 unspecified atom stereocenters. The Morgan fingerprint density at radius 3 is 2.12 bits per heavy atom. The molecule has 3 heteroatoms. The van der Waals surface area contributed by atoms with Crippen molar-refractivity contribution in [3.8, 4) is 0 Å². The van der Waals surface area contributed by atoms with E-state index >= 15 is 0 Å². The van der Waals surface area contributed by atoms with Crippen molar-refractivity contribution in [2.24, 2.45) is 0 Å². The fraction of sp³-hybridized carbons (Fsp3) is 0.609. The standard InChI is InChI=1S/C13H13.C6H12N.C4H10Si.Ti/c1-9-5-12-7-10-3-2-4-11(10)8-13(12)6-9;7-6-4-2-1-3-5-6;1-4(2)5-3;/h5-8H,2-4H2,1H3;6-7H,1-5H2;4H,1-3H3;/q2*-1;;+2. The molecule has 1 fully saturated rings. The van der Waals surface area contributed by atoms with E-state index in [1.54, 1.807) is 11.1 Å². The smallest absolute Gasteiger partial charge is 0.0289 e. The zero-order valence-electron chi connectivity index (χ0n) is 17.1. The maximum Gasteiger partial charge on any atom is -0.0289 e. The summed E-state index contributed by atoms with van der Waals surface area (Å²) < 4.78 is 0. The van der Waals surface area contributed by atoms with Crippen LogP contribution < -0.4 is 0 Å². The Labute approximate surface area is 172 Å². The molecule has 0 spiro atoms. The van der Waals surface area contributed by atoms with Gasteiger partial charge in [0.2, 0.25) is 0 Å². The van der Waals surface area contributed by atoms with E-state index in [2.05, 4.69) is 70.8 Å². The topological polar surface area (TPSA) is 23.8 Å². The summed E-state index contributed by atoms with van der Waals surface area (Å²) in [6.45, 7) is 9.09. The molecule has 0 radical (unpaired) electrons. The average Bonchev–Trinajstić information content (AvgIpc) is 3.18. The summed E-state index contributed by atoms with van der Waals surface area (Å²) in [5, 5.41) is 2.86. The van der Waals surface area contributed by atoms with Crippen LogP contribution in [0.2, 0.25) is 12.1 Å². The van der Waals surface area contributed by atoms with Crippen LogP contribution >= 0.6 is 0 Å². The molecule has 4 rings (SSSR count). The van der Waals surface area contributed by atoms with Crippen LogP contribution in [0, 0.1) is 6.92 Å². The first-order valence-electron chi connectivity index (χ1n) is 10.3. The minimum absolute atomic E-state index is 0.0484. The maximum absolute atomic E-state index is 7.27. The zero-order chi connectivity index (χ0) is 19.1. The number of aryl methyl sites for hydroxylation is 3. The summed E-state index contributed by atoms with van der Waals surface area (Å²) in [5.74, 6) is 0. The Bertz CT molecular complexity index is 669. The van der Waals surface area contributed by atoms with E-state index in [0.29, 0.717) is 0 Å². The van der Waals surface area contributed by atoms with Crippen LogP contribution in [0.3, 0.4) is 0 Å². The van der Waals surface area contributed by atoms with E-state index in [1.165, 1.54) is 54.9 Å². The molecule has 0 bridgehead atoms. The predicted molar refractivity (Wildman–Crippen MR) is 114 cm³/mol. The van der Waals surface area contributed by atoms with Crippen LogP contribution in [0.1, 0.15) is 69.1 Å². The van der Waals surface area contributed by atoms with Gasteiger partial charge in [-0.3, -0.25) is 0 Å². The van der Waals surface area contributed by atoms with Gasteiger partial charge in [-0.05, 0) is 19.3 Å². The van der Waals surface area contributed by atoms with Gasteiger partial charge in [-0.1, -0.05) is 50.2 Å². The second kappa shape index (κ2) is 10.9. The summed E-state index contributed by atoms with van der Waals surface area (Å²) in [5.41, 5.74) is 12.8. The molecule has 0 aliphatic heterocycles. The SMILES string of the molecule is CC(C)[Si](C)=[Ti+2].Cc1cc2cc3c(cc2[cH-]1)CCC3.[NH-]C1CCCCC1. The first-order chi connectivity index (χ1) is 12.4. The van der Waals surface area contributed by atoms with Gasteiger partial charge in [-0.25, -0.2) is 0 Å². The number of nitrogens with one attached hydrogen (secondary N) is 1. The Kier molecular flexibility index (Phi) is 9.23. The Balaban J connectivity index is 0.000000160. The van der Waals surface area contributed by atoms with Crippen LogP contribution in [0.15, 0.2) is 24.3 Å². The predicted octanol–water partition coefficient (Wildman–Crippen LogP) is 7.29. The maximum atomic E-state index is 7.27. The number of rotatable bonds is 1. The minimum atomic E-state index is 0.0484. The van der Waals surface area contributed by atoms with E-state index in [9.17, 15) is 0 Å². The third-order valence-corrected chi connectivity index (χ3v) is 9.97. The van der Waals surface area contributed by atoms with Crippen molar-refractivity contribution in [3.05, 3.63) is 46.7 Å². The molecule has 140 valence electrons. The molecule has 1 N–H and O–H groups in total. The van der Waals surface area contributed by atoms with Gasteiger partial charge in [0.25, 0.3) is 0 Å². The molecule has 2 aromatic rings. The first kappa shape index (κ1) is 22.0. The Morgan fingerprint density at radius 2 is 1.62 bits per heavy atom. The summed E-state index contributed by atoms with van der Waals surface area (Å²) in [7, 11) is 0. The normalized spacial score (nSPS) is 16.6. The number of hydrogen-bond acceptors (Lipinski definition) is 0. The fourth-order valence-corrected chi connectivity index (χ4v) is 3.55. The van der Waals surface area contributed by atoms with Crippen molar-refractivity contribution >= 4 is 17.0 Å². The molecular weight excluding hydrogens is 366 g/mol. The number of benzene rings is 1. The molecular formula is C23H35NSiTi. The average molecular weight is 401 g/mol. The van der Waals surface area contributed by atoms with Crippen molar-refractivity contribution in [1.29, 1.82) is 0 Å². The molecule has 0 saturated heterocycles. The molecule has 2 aliphatic rings. The van der Waals surface area contributed by atoms with Gasteiger partial charge in [-0.2, -0.15) is 6.07 Å². The van der Waals surface area contributed by atoms with Crippen LogP contribution in [0.25, 0.3) is 16.5 Å². The summed E-state index contributed by atoms with van der Waals surface area (Å²) >= 11 is 2.34. The number of fused-ring (bicyclic) bond motifs is 2. The molecule has 1 nitrogen and oxygen atoms in total. The second-order valence-corrected chi connectivity index (χ2v) is 14.5. The zero-order valence-corrected chi connectivity index (χ0v) is 19.7. The van der Waals surface area contributed by atoms with Crippen LogP contribution in [0.4, 0.5) is 0 Å². The van der Waals surface area contributed by atoms with Gasteiger partial charge >= 0.3 is 51.3 Å². The van der Waals surface area contributed by atoms with Gasteiger partial charge in [0.1, 0.15) is 0 Å². The fourth-order valence-electron chi connectivity index (χ4n) is 3.55.